The van der Waals surface area contributed by atoms with Crippen LogP contribution in [0, 0.1) is 0 Å². The van der Waals surface area contributed by atoms with Crippen LogP contribution in [0.5, 0.6) is 0 Å². The summed E-state index contributed by atoms with van der Waals surface area (Å²) in [6.45, 7) is 1.02. The summed E-state index contributed by atoms with van der Waals surface area (Å²) < 4.78 is 0. The highest BCUT2D eigenvalue weighted by Crippen LogP contribution is 2.30. The first-order valence-electron chi connectivity index (χ1n) is 6.55. The lowest BCUT2D eigenvalue weighted by atomic mass is 10.2. The molecular formula is C16H15N3O. The number of carbonyl (C=O) groups is 1. The normalized spacial score (nSPS) is 12.9. The summed E-state index contributed by atoms with van der Waals surface area (Å²) in [4.78, 5) is 18.3. The highest BCUT2D eigenvalue weighted by Gasteiger charge is 2.19. The predicted octanol–water partition coefficient (Wildman–Crippen LogP) is 3.12. The largest absolute Gasteiger partial charge is 0.334 e. The van der Waals surface area contributed by atoms with Gasteiger partial charge in [-0.15, -0.1) is 0 Å². The number of nitrogens with one attached hydrogen (secondary N) is 1. The SMILES string of the molecule is O=C(NCc1ccccc1)N1CC=Nc2ccccc21. The van der Waals surface area contributed by atoms with Crippen LogP contribution in [-0.4, -0.2) is 18.8 Å². The summed E-state index contributed by atoms with van der Waals surface area (Å²) in [6.07, 6.45) is 1.75. The molecule has 0 spiro atoms. The van der Waals surface area contributed by atoms with Gasteiger partial charge >= 0.3 is 6.03 Å². The van der Waals surface area contributed by atoms with Gasteiger partial charge < -0.3 is 5.32 Å². The molecule has 2 aromatic rings. The summed E-state index contributed by atoms with van der Waals surface area (Å²) in [5.74, 6) is 0. The van der Waals surface area contributed by atoms with Crippen LogP contribution in [0.4, 0.5) is 16.2 Å². The number of benzene rings is 2. The minimum absolute atomic E-state index is 0.104. The lowest BCUT2D eigenvalue weighted by Crippen LogP contribution is -2.41. The third-order valence-corrected chi connectivity index (χ3v) is 3.20. The van der Waals surface area contributed by atoms with Crippen LogP contribution in [-0.2, 0) is 6.54 Å². The number of nitrogens with zero attached hydrogens (tertiary/aromatic N) is 2. The molecule has 0 aliphatic carbocycles. The Kier molecular flexibility index (Phi) is 3.46. The number of hydrogen-bond donors (Lipinski definition) is 1. The quantitative estimate of drug-likeness (QED) is 0.890. The minimum atomic E-state index is -0.104. The molecule has 4 heteroatoms. The first-order valence-corrected chi connectivity index (χ1v) is 6.55. The molecular weight excluding hydrogens is 250 g/mol. The van der Waals surface area contributed by atoms with Gasteiger partial charge in [0.05, 0.1) is 17.9 Å². The van der Waals surface area contributed by atoms with E-state index in [1.165, 1.54) is 0 Å². The molecule has 0 atom stereocenters. The van der Waals surface area contributed by atoms with Crippen molar-refractivity contribution in [2.75, 3.05) is 11.4 Å². The van der Waals surface area contributed by atoms with E-state index in [-0.39, 0.29) is 6.03 Å². The molecule has 0 saturated carbocycles. The van der Waals surface area contributed by atoms with Crippen molar-refractivity contribution in [3.63, 3.8) is 0 Å². The Labute approximate surface area is 117 Å². The molecule has 0 bridgehead atoms. The van der Waals surface area contributed by atoms with Crippen molar-refractivity contribution in [1.29, 1.82) is 0 Å². The average molecular weight is 265 g/mol. The van der Waals surface area contributed by atoms with Gasteiger partial charge in [0, 0.05) is 12.8 Å². The van der Waals surface area contributed by atoms with Gasteiger partial charge in [-0.1, -0.05) is 42.5 Å². The van der Waals surface area contributed by atoms with Crippen LogP contribution in [0.1, 0.15) is 5.56 Å². The van der Waals surface area contributed by atoms with Gasteiger partial charge in [-0.2, -0.15) is 0 Å². The molecule has 20 heavy (non-hydrogen) atoms. The fraction of sp³-hybridized carbons (Fsp3) is 0.125. The second kappa shape index (κ2) is 5.57. The van der Waals surface area contributed by atoms with E-state index >= 15 is 0 Å². The maximum atomic E-state index is 12.3. The van der Waals surface area contributed by atoms with E-state index in [1.54, 1.807) is 11.1 Å². The number of urea groups is 1. The number of rotatable bonds is 2. The number of aliphatic imine (C=N–C) groups is 1. The number of fused-ring (bicyclic) bond motifs is 1. The lowest BCUT2D eigenvalue weighted by molar-refractivity contribution is 0.246. The molecule has 0 fully saturated rings. The average Bonchev–Trinajstić information content (AvgIpc) is 2.53. The van der Waals surface area contributed by atoms with Crippen molar-refractivity contribution in [3.8, 4) is 0 Å². The molecule has 0 radical (unpaired) electrons. The van der Waals surface area contributed by atoms with Crippen LogP contribution in [0.25, 0.3) is 0 Å². The Balaban J connectivity index is 1.71. The zero-order valence-corrected chi connectivity index (χ0v) is 11.0. The second-order valence-corrected chi connectivity index (χ2v) is 4.56. The molecule has 3 rings (SSSR count). The third kappa shape index (κ3) is 2.54. The van der Waals surface area contributed by atoms with E-state index in [4.69, 9.17) is 0 Å². The Morgan fingerprint density at radius 3 is 2.70 bits per heavy atom. The maximum absolute atomic E-state index is 12.3. The van der Waals surface area contributed by atoms with E-state index in [9.17, 15) is 4.79 Å². The van der Waals surface area contributed by atoms with Gasteiger partial charge in [0.1, 0.15) is 0 Å². The smallest absolute Gasteiger partial charge is 0.322 e. The zero-order valence-electron chi connectivity index (χ0n) is 11.0. The van der Waals surface area contributed by atoms with Gasteiger partial charge in [0.25, 0.3) is 0 Å². The standard InChI is InChI=1S/C16H15N3O/c20-16(18-12-13-6-2-1-3-7-13)19-11-10-17-14-8-4-5-9-15(14)19/h1-10H,11-12H2,(H,18,20). The van der Waals surface area contributed by atoms with E-state index in [0.717, 1.165) is 16.9 Å². The predicted molar refractivity (Wildman–Crippen MR) is 80.6 cm³/mol. The number of carbonyl (C=O) groups excluding carboxylic acids is 1. The van der Waals surface area contributed by atoms with Crippen molar-refractivity contribution in [2.24, 2.45) is 4.99 Å². The summed E-state index contributed by atoms with van der Waals surface area (Å²) in [7, 11) is 0. The Morgan fingerprint density at radius 2 is 1.85 bits per heavy atom. The Bertz CT molecular complexity index is 637. The fourth-order valence-corrected chi connectivity index (χ4v) is 2.18. The highest BCUT2D eigenvalue weighted by molar-refractivity contribution is 6.00. The minimum Gasteiger partial charge on any atom is -0.334 e. The van der Waals surface area contributed by atoms with E-state index in [2.05, 4.69) is 10.3 Å². The molecule has 4 nitrogen and oxygen atoms in total. The lowest BCUT2D eigenvalue weighted by Gasteiger charge is -2.25. The molecule has 0 saturated heterocycles. The summed E-state index contributed by atoms with van der Waals surface area (Å²) in [6, 6.07) is 17.4. The van der Waals surface area contributed by atoms with Gasteiger partial charge in [0.2, 0.25) is 0 Å². The number of anilines is 1. The van der Waals surface area contributed by atoms with Crippen LogP contribution in [0.2, 0.25) is 0 Å². The molecule has 2 amide bonds. The molecule has 0 aromatic heterocycles. The Morgan fingerprint density at radius 1 is 1.10 bits per heavy atom. The molecule has 1 aliphatic heterocycles. The topological polar surface area (TPSA) is 44.7 Å². The molecule has 1 N–H and O–H groups in total. The van der Waals surface area contributed by atoms with Crippen molar-refractivity contribution >= 4 is 23.6 Å². The second-order valence-electron chi connectivity index (χ2n) is 4.56. The van der Waals surface area contributed by atoms with Crippen molar-refractivity contribution in [1.82, 2.24) is 5.32 Å². The summed E-state index contributed by atoms with van der Waals surface area (Å²) in [5, 5.41) is 2.93. The van der Waals surface area contributed by atoms with Crippen molar-refractivity contribution < 1.29 is 4.79 Å². The zero-order chi connectivity index (χ0) is 13.8. The monoisotopic (exact) mass is 265 g/mol. The summed E-state index contributed by atoms with van der Waals surface area (Å²) in [5.41, 5.74) is 2.76. The van der Waals surface area contributed by atoms with Crippen LogP contribution < -0.4 is 10.2 Å². The number of para-hydroxylation sites is 2. The van der Waals surface area contributed by atoms with Gasteiger partial charge in [0.15, 0.2) is 0 Å². The van der Waals surface area contributed by atoms with Crippen LogP contribution in [0.15, 0.2) is 59.6 Å². The fourth-order valence-electron chi connectivity index (χ4n) is 2.18. The van der Waals surface area contributed by atoms with Crippen molar-refractivity contribution in [3.05, 3.63) is 60.2 Å². The number of amides is 2. The van der Waals surface area contributed by atoms with E-state index < -0.39 is 0 Å². The van der Waals surface area contributed by atoms with Crippen LogP contribution >= 0.6 is 0 Å². The molecule has 1 aliphatic rings. The van der Waals surface area contributed by atoms with Crippen LogP contribution in [0.3, 0.4) is 0 Å². The Hall–Kier alpha value is -2.62. The molecule has 100 valence electrons. The van der Waals surface area contributed by atoms with Gasteiger partial charge in [-0.3, -0.25) is 9.89 Å². The van der Waals surface area contributed by atoms with Gasteiger partial charge in [-0.05, 0) is 17.7 Å². The van der Waals surface area contributed by atoms with E-state index in [0.29, 0.717) is 13.1 Å². The first-order chi connectivity index (χ1) is 9.84. The first kappa shape index (κ1) is 12.4. The molecule has 0 unspecified atom stereocenters. The number of hydrogen-bond acceptors (Lipinski definition) is 2. The maximum Gasteiger partial charge on any atom is 0.322 e. The highest BCUT2D eigenvalue weighted by atomic mass is 16.2. The van der Waals surface area contributed by atoms with E-state index in [1.807, 2.05) is 54.6 Å². The molecule has 2 aromatic carbocycles. The molecule has 1 heterocycles. The third-order valence-electron chi connectivity index (χ3n) is 3.20. The summed E-state index contributed by atoms with van der Waals surface area (Å²) >= 11 is 0. The van der Waals surface area contributed by atoms with Crippen molar-refractivity contribution in [2.45, 2.75) is 6.54 Å². The van der Waals surface area contributed by atoms with Gasteiger partial charge in [-0.25, -0.2) is 4.79 Å².